The second kappa shape index (κ2) is 6.05. The molecule has 1 aromatic carbocycles. The highest BCUT2D eigenvalue weighted by atomic mass is 79.9. The van der Waals surface area contributed by atoms with Crippen molar-refractivity contribution >= 4 is 37.5 Å². The quantitative estimate of drug-likeness (QED) is 0.329. The van der Waals surface area contributed by atoms with Gasteiger partial charge in [-0.25, -0.2) is 8.42 Å². The maximum absolute atomic E-state index is 11.7. The predicted molar refractivity (Wildman–Crippen MR) is 74.4 cm³/mol. The lowest BCUT2D eigenvalue weighted by Gasteiger charge is -2.11. The van der Waals surface area contributed by atoms with Crippen molar-refractivity contribution in [3.63, 3.8) is 0 Å². The van der Waals surface area contributed by atoms with Gasteiger partial charge in [-0.15, -0.1) is 0 Å². The van der Waals surface area contributed by atoms with E-state index in [1.807, 2.05) is 0 Å². The number of hydrogen-bond donors (Lipinski definition) is 3. The van der Waals surface area contributed by atoms with Gasteiger partial charge in [-0.05, 0) is 24.6 Å². The summed E-state index contributed by atoms with van der Waals surface area (Å²) in [6.45, 7) is 1.77. The number of nitrogens with one attached hydrogen (secondary N) is 1. The highest BCUT2D eigenvalue weighted by Crippen LogP contribution is 2.22. The monoisotopic (exact) mass is 335 g/mol. The summed E-state index contributed by atoms with van der Waals surface area (Å²) in [5.41, 5.74) is 6.09. The molecule has 0 atom stereocenters. The van der Waals surface area contributed by atoms with Gasteiger partial charge in [0.15, 0.2) is 5.84 Å². The second-order valence-corrected chi connectivity index (χ2v) is 6.35. The zero-order valence-corrected chi connectivity index (χ0v) is 12.1. The number of sulfonamides is 1. The van der Waals surface area contributed by atoms with Crippen molar-refractivity contribution in [1.29, 1.82) is 0 Å². The van der Waals surface area contributed by atoms with Crippen LogP contribution in [0.25, 0.3) is 0 Å². The van der Waals surface area contributed by atoms with Gasteiger partial charge < -0.3 is 10.9 Å². The molecule has 18 heavy (non-hydrogen) atoms. The first-order valence-electron chi connectivity index (χ1n) is 5.17. The number of rotatable bonds is 5. The molecule has 0 amide bonds. The first-order chi connectivity index (χ1) is 8.39. The van der Waals surface area contributed by atoms with Crippen molar-refractivity contribution in [2.75, 3.05) is 10.5 Å². The Kier molecular flexibility index (Phi) is 4.97. The van der Waals surface area contributed by atoms with Crippen molar-refractivity contribution < 1.29 is 13.6 Å². The number of nitrogens with two attached hydrogens (primary N) is 1. The lowest BCUT2D eigenvalue weighted by molar-refractivity contribution is 0.318. The van der Waals surface area contributed by atoms with Gasteiger partial charge in [0.1, 0.15) is 0 Å². The molecule has 0 bridgehead atoms. The number of benzene rings is 1. The van der Waals surface area contributed by atoms with E-state index in [2.05, 4.69) is 25.8 Å². The molecule has 0 unspecified atom stereocenters. The minimum absolute atomic E-state index is 0.0126. The summed E-state index contributed by atoms with van der Waals surface area (Å²) >= 11 is 3.23. The predicted octanol–water partition coefficient (Wildman–Crippen LogP) is 1.70. The lowest BCUT2D eigenvalue weighted by atomic mass is 10.2. The van der Waals surface area contributed by atoms with E-state index in [1.165, 1.54) is 0 Å². The molecule has 6 nitrogen and oxygen atoms in total. The van der Waals surface area contributed by atoms with E-state index in [0.29, 0.717) is 16.5 Å². The molecule has 4 N–H and O–H groups in total. The Morgan fingerprint density at radius 2 is 2.22 bits per heavy atom. The zero-order valence-electron chi connectivity index (χ0n) is 9.72. The summed E-state index contributed by atoms with van der Waals surface area (Å²) in [6.07, 6.45) is 0.505. The Morgan fingerprint density at radius 3 is 2.78 bits per heavy atom. The van der Waals surface area contributed by atoms with E-state index in [9.17, 15) is 8.42 Å². The molecule has 0 fully saturated rings. The van der Waals surface area contributed by atoms with Crippen molar-refractivity contribution in [2.45, 2.75) is 13.3 Å². The number of nitrogens with zero attached hydrogens (tertiary/aromatic N) is 1. The van der Waals surface area contributed by atoms with Crippen LogP contribution in [-0.4, -0.2) is 25.2 Å². The van der Waals surface area contributed by atoms with Crippen LogP contribution in [0, 0.1) is 0 Å². The Hall–Kier alpha value is -1.28. The summed E-state index contributed by atoms with van der Waals surface area (Å²) in [4.78, 5) is 0. The van der Waals surface area contributed by atoms with Gasteiger partial charge in [0, 0.05) is 10.0 Å². The number of oxime groups is 1. The molecule has 0 spiro atoms. The van der Waals surface area contributed by atoms with Gasteiger partial charge >= 0.3 is 0 Å². The topological polar surface area (TPSA) is 105 Å². The Morgan fingerprint density at radius 1 is 1.56 bits per heavy atom. The summed E-state index contributed by atoms with van der Waals surface area (Å²) in [5.74, 6) is -0.149. The van der Waals surface area contributed by atoms with Gasteiger partial charge in [0.2, 0.25) is 10.0 Å². The summed E-state index contributed by atoms with van der Waals surface area (Å²) in [5, 5.41) is 11.6. The van der Waals surface area contributed by atoms with Crippen molar-refractivity contribution in [3.05, 3.63) is 28.2 Å². The molecule has 8 heteroatoms. The largest absolute Gasteiger partial charge is 0.409 e. The Balaban J connectivity index is 3.17. The van der Waals surface area contributed by atoms with E-state index in [0.717, 1.165) is 0 Å². The van der Waals surface area contributed by atoms with Crippen LogP contribution in [0.4, 0.5) is 5.69 Å². The van der Waals surface area contributed by atoms with E-state index in [4.69, 9.17) is 10.9 Å². The van der Waals surface area contributed by atoms with Crippen molar-refractivity contribution in [3.8, 4) is 0 Å². The molecule has 0 aliphatic carbocycles. The number of anilines is 1. The highest BCUT2D eigenvalue weighted by molar-refractivity contribution is 9.10. The third-order valence-corrected chi connectivity index (χ3v) is 4.07. The van der Waals surface area contributed by atoms with Gasteiger partial charge in [-0.3, -0.25) is 4.72 Å². The zero-order chi connectivity index (χ0) is 13.8. The van der Waals surface area contributed by atoms with E-state index in [1.54, 1.807) is 25.1 Å². The SMILES string of the molecule is CCCS(=O)(=O)Nc1ccc(Br)cc1/C(N)=N/O. The molecule has 0 aliphatic rings. The molecule has 1 aromatic rings. The fraction of sp³-hybridized carbons (Fsp3) is 0.300. The van der Waals surface area contributed by atoms with Crippen molar-refractivity contribution in [2.24, 2.45) is 10.9 Å². The minimum atomic E-state index is -3.42. The molecule has 0 saturated carbocycles. The van der Waals surface area contributed by atoms with E-state index in [-0.39, 0.29) is 17.3 Å². The van der Waals surface area contributed by atoms with E-state index >= 15 is 0 Å². The first-order valence-corrected chi connectivity index (χ1v) is 7.62. The Labute approximate surface area is 114 Å². The Bertz CT molecular complexity index is 557. The average Bonchev–Trinajstić information content (AvgIpc) is 2.30. The maximum atomic E-state index is 11.7. The van der Waals surface area contributed by atoms with Gasteiger partial charge in [0.25, 0.3) is 0 Å². The van der Waals surface area contributed by atoms with Crippen LogP contribution >= 0.6 is 15.9 Å². The molecular weight excluding hydrogens is 322 g/mol. The highest BCUT2D eigenvalue weighted by Gasteiger charge is 2.14. The fourth-order valence-electron chi connectivity index (χ4n) is 1.36. The fourth-order valence-corrected chi connectivity index (χ4v) is 2.87. The molecule has 0 heterocycles. The third kappa shape index (κ3) is 3.88. The van der Waals surface area contributed by atoms with Gasteiger partial charge in [0.05, 0.1) is 11.4 Å². The third-order valence-electron chi connectivity index (χ3n) is 2.10. The normalized spacial score (nSPS) is 12.4. The van der Waals surface area contributed by atoms with Gasteiger partial charge in [-0.1, -0.05) is 28.0 Å². The van der Waals surface area contributed by atoms with Crippen LogP contribution in [0.5, 0.6) is 0 Å². The van der Waals surface area contributed by atoms with Crippen LogP contribution in [0.3, 0.4) is 0 Å². The van der Waals surface area contributed by atoms with Crippen LogP contribution in [-0.2, 0) is 10.0 Å². The first kappa shape index (κ1) is 14.8. The molecule has 0 radical (unpaired) electrons. The van der Waals surface area contributed by atoms with Crippen LogP contribution in [0.15, 0.2) is 27.8 Å². The lowest BCUT2D eigenvalue weighted by Crippen LogP contribution is -2.21. The summed E-state index contributed by atoms with van der Waals surface area (Å²) in [7, 11) is -3.42. The molecule has 0 saturated heterocycles. The minimum Gasteiger partial charge on any atom is -0.409 e. The summed E-state index contributed by atoms with van der Waals surface area (Å²) < 4.78 is 26.5. The standard InChI is InChI=1S/C10H14BrN3O3S/c1-2-5-18(16,17)14-9-4-3-7(11)6-8(9)10(12)13-15/h3-4,6,14-15H,2,5H2,1H3,(H2,12,13). The molecular formula is C10H14BrN3O3S. The maximum Gasteiger partial charge on any atom is 0.232 e. The number of halogens is 1. The van der Waals surface area contributed by atoms with E-state index < -0.39 is 10.0 Å². The molecule has 0 aliphatic heterocycles. The van der Waals surface area contributed by atoms with Gasteiger partial charge in [-0.2, -0.15) is 0 Å². The molecule has 0 aromatic heterocycles. The number of amidine groups is 1. The molecule has 1 rings (SSSR count). The van der Waals surface area contributed by atoms with Crippen LogP contribution in [0.1, 0.15) is 18.9 Å². The average molecular weight is 336 g/mol. The van der Waals surface area contributed by atoms with Crippen LogP contribution < -0.4 is 10.5 Å². The van der Waals surface area contributed by atoms with Crippen molar-refractivity contribution in [1.82, 2.24) is 0 Å². The molecule has 100 valence electrons. The van der Waals surface area contributed by atoms with Crippen LogP contribution in [0.2, 0.25) is 0 Å². The second-order valence-electron chi connectivity index (χ2n) is 3.60. The number of hydrogen-bond acceptors (Lipinski definition) is 4. The smallest absolute Gasteiger partial charge is 0.232 e. The summed E-state index contributed by atoms with van der Waals surface area (Å²) in [6, 6.07) is 4.78.